The summed E-state index contributed by atoms with van der Waals surface area (Å²) in [5, 5.41) is 3.79. The summed E-state index contributed by atoms with van der Waals surface area (Å²) in [5.41, 5.74) is -1.38. The van der Waals surface area contributed by atoms with E-state index < -0.39 is 50.8 Å². The number of rotatable bonds is 32. The van der Waals surface area contributed by atoms with Crippen LogP contribution in [-0.4, -0.2) is 75.0 Å². The smallest absolute Gasteiger partial charge is 0.748 e. The van der Waals surface area contributed by atoms with Crippen LogP contribution in [0.4, 0.5) is 0 Å². The Hall–Kier alpha value is -1.48. The maximum atomic E-state index is 13.3. The van der Waals surface area contributed by atoms with E-state index in [1.165, 1.54) is 39.5 Å². The Morgan fingerprint density at radius 1 is 0.808 bits per heavy atom. The normalized spacial score (nSPS) is 14.1. The van der Waals surface area contributed by atoms with Gasteiger partial charge in [-0.05, 0) is 65.7 Å². The molecule has 0 heterocycles. The Bertz CT molecular complexity index is 1140. The Balaban J connectivity index is 0. The fourth-order valence-electron chi connectivity index (χ4n) is 5.22. The third-order valence-corrected chi connectivity index (χ3v) is 9.36. The summed E-state index contributed by atoms with van der Waals surface area (Å²) >= 11 is 0. The molecule has 16 heteroatoms. The summed E-state index contributed by atoms with van der Waals surface area (Å²) in [7, 11) is -4.96. The summed E-state index contributed by atoms with van der Waals surface area (Å²) in [5.74, 6) is 3.08. The number of hydrogen-bond donors (Lipinski definition) is 0. The molecule has 0 fully saturated rings. The minimum atomic E-state index is -4.96. The topological polar surface area (TPSA) is 189 Å². The molecule has 0 saturated heterocycles. The first kappa shape index (κ1) is 52.6. The molecule has 0 N–H and O–H groups in total. The predicted octanol–water partition coefficient (Wildman–Crippen LogP) is 4.34. The van der Waals surface area contributed by atoms with Crippen molar-refractivity contribution < 1.29 is 81.1 Å². The Labute approximate surface area is 334 Å². The number of esters is 2. The van der Waals surface area contributed by atoms with Crippen LogP contribution in [0.3, 0.4) is 0 Å². The van der Waals surface area contributed by atoms with E-state index in [0.717, 1.165) is 38.3 Å². The Morgan fingerprint density at radius 3 is 2.02 bits per heavy atom. The molecule has 0 rings (SSSR count). The van der Waals surface area contributed by atoms with Gasteiger partial charge >= 0.3 is 41.5 Å². The monoisotopic (exact) mass is 770 g/mol. The maximum Gasteiger partial charge on any atom is 1.00 e. The molecule has 0 aliphatic rings. The van der Waals surface area contributed by atoms with E-state index in [4.69, 9.17) is 29.0 Å². The summed E-state index contributed by atoms with van der Waals surface area (Å²) in [6.07, 6.45) is 9.84. The third kappa shape index (κ3) is 27.2. The van der Waals surface area contributed by atoms with Gasteiger partial charge in [-0.15, -0.1) is 10.0 Å². The molecule has 0 saturated carbocycles. The van der Waals surface area contributed by atoms with Crippen molar-refractivity contribution in [2.45, 2.75) is 162 Å². The van der Waals surface area contributed by atoms with E-state index in [9.17, 15) is 27.5 Å². The van der Waals surface area contributed by atoms with Crippen molar-refractivity contribution in [1.29, 1.82) is 0 Å². The van der Waals surface area contributed by atoms with Crippen LogP contribution in [0, 0.1) is 28.1 Å². The Kier molecular flexibility index (Phi) is 33.3. The molecule has 296 valence electrons. The van der Waals surface area contributed by atoms with E-state index in [2.05, 4.69) is 29.2 Å². The van der Waals surface area contributed by atoms with Crippen molar-refractivity contribution in [3.63, 3.8) is 0 Å². The number of hydrogen-bond acceptors (Lipinski definition) is 13. The van der Waals surface area contributed by atoms with Crippen molar-refractivity contribution in [2.75, 3.05) is 26.4 Å². The SMILES string of the molecule is CCCCCCCCCCOOC(CC(CC(CC)OOCC)C(=O)OCCCC)CC(CC(C)(C)C(=O)OCCC#C/C=N/N=O)S(=O)(=O)[O-].[Na+]. The fourth-order valence-corrected chi connectivity index (χ4v) is 6.29. The zero-order chi connectivity index (χ0) is 38.4. The van der Waals surface area contributed by atoms with Crippen LogP contribution in [0.1, 0.15) is 144 Å². The van der Waals surface area contributed by atoms with E-state index in [-0.39, 0.29) is 81.5 Å². The molecular weight excluding hydrogens is 707 g/mol. The van der Waals surface area contributed by atoms with Gasteiger partial charge in [0, 0.05) is 6.42 Å². The van der Waals surface area contributed by atoms with Crippen LogP contribution in [0.15, 0.2) is 10.4 Å². The van der Waals surface area contributed by atoms with Crippen molar-refractivity contribution in [3.05, 3.63) is 4.91 Å². The van der Waals surface area contributed by atoms with Crippen LogP contribution in [-0.2, 0) is 48.7 Å². The average molecular weight is 771 g/mol. The van der Waals surface area contributed by atoms with Crippen molar-refractivity contribution in [2.24, 2.45) is 21.7 Å². The van der Waals surface area contributed by atoms with Gasteiger partial charge in [0.2, 0.25) is 0 Å². The molecule has 0 aromatic heterocycles. The molecule has 0 radical (unpaired) electrons. The minimum absolute atomic E-state index is 0. The van der Waals surface area contributed by atoms with Crippen molar-refractivity contribution in [3.8, 4) is 11.8 Å². The predicted molar refractivity (Wildman–Crippen MR) is 193 cm³/mol. The zero-order valence-electron chi connectivity index (χ0n) is 32.7. The fraction of sp³-hybridized carbons (Fsp3) is 0.861. The first-order chi connectivity index (χ1) is 24.4. The van der Waals surface area contributed by atoms with Crippen LogP contribution < -0.4 is 29.6 Å². The quantitative estimate of drug-likeness (QED) is 0.0109. The van der Waals surface area contributed by atoms with Gasteiger partial charge in [0.25, 0.3) is 0 Å². The first-order valence-corrected chi connectivity index (χ1v) is 20.0. The number of nitroso groups, excluding NO2 is 1. The molecule has 0 aromatic rings. The van der Waals surface area contributed by atoms with Crippen LogP contribution >= 0.6 is 0 Å². The molecule has 0 aliphatic heterocycles. The summed E-state index contributed by atoms with van der Waals surface area (Å²) in [6, 6.07) is 0. The van der Waals surface area contributed by atoms with E-state index in [0.29, 0.717) is 19.4 Å². The Morgan fingerprint density at radius 2 is 1.42 bits per heavy atom. The molecule has 0 aliphatic carbocycles. The molecule has 4 atom stereocenters. The van der Waals surface area contributed by atoms with Crippen LogP contribution in [0.5, 0.6) is 0 Å². The number of carbonyl (C=O) groups is 2. The van der Waals surface area contributed by atoms with Gasteiger partial charge in [0.15, 0.2) is 0 Å². The average Bonchev–Trinajstić information content (AvgIpc) is 3.08. The standard InChI is InChI=1S/C36H64N2O12S.Na/c1-7-11-13-14-15-16-17-21-25-48-50-32(27-30(34(39)45-23-12-8-2)26-31(9-3)49-47-10-4)28-33(51(42,43)44)29-36(5,6)35(40)46-24-20-18-19-22-37-38-41;/h22,30-33H,7-17,20-21,23-29H2,1-6H3,(H,42,43,44);/q;+1/p-1/b37-22+;. The van der Waals surface area contributed by atoms with Crippen molar-refractivity contribution >= 4 is 28.3 Å². The van der Waals surface area contributed by atoms with Crippen LogP contribution in [0.2, 0.25) is 0 Å². The zero-order valence-corrected chi connectivity index (χ0v) is 35.5. The summed E-state index contributed by atoms with van der Waals surface area (Å²) in [4.78, 5) is 58.2. The molecule has 52 heavy (non-hydrogen) atoms. The van der Waals surface area contributed by atoms with Gasteiger partial charge in [-0.3, -0.25) is 9.59 Å². The van der Waals surface area contributed by atoms with Gasteiger partial charge in [0.05, 0.1) is 64.0 Å². The van der Waals surface area contributed by atoms with Gasteiger partial charge in [0.1, 0.15) is 12.8 Å². The maximum absolute atomic E-state index is 13.3. The molecular formula is C36H63N2NaO12S. The minimum Gasteiger partial charge on any atom is -0.748 e. The molecule has 0 bridgehead atoms. The van der Waals surface area contributed by atoms with Gasteiger partial charge in [-0.2, -0.15) is 0 Å². The van der Waals surface area contributed by atoms with E-state index >= 15 is 0 Å². The van der Waals surface area contributed by atoms with Crippen molar-refractivity contribution in [1.82, 2.24) is 0 Å². The van der Waals surface area contributed by atoms with E-state index in [1.807, 2.05) is 13.8 Å². The third-order valence-electron chi connectivity index (χ3n) is 8.19. The number of carbonyl (C=O) groups excluding carboxylic acids is 2. The second-order valence-electron chi connectivity index (χ2n) is 13.2. The number of unbranched alkanes of at least 4 members (excludes halogenated alkanes) is 8. The largest absolute Gasteiger partial charge is 1.00 e. The molecule has 0 amide bonds. The number of nitrogens with zero attached hydrogens (tertiary/aromatic N) is 2. The number of ether oxygens (including phenoxy) is 2. The first-order valence-electron chi connectivity index (χ1n) is 18.5. The molecule has 4 unspecified atom stereocenters. The van der Waals surface area contributed by atoms with E-state index in [1.54, 1.807) is 6.92 Å². The summed E-state index contributed by atoms with van der Waals surface area (Å²) < 4.78 is 48.8. The second kappa shape index (κ2) is 32.9. The van der Waals surface area contributed by atoms with Gasteiger partial charge < -0.3 is 14.0 Å². The second-order valence-corrected chi connectivity index (χ2v) is 14.9. The molecule has 0 aromatic carbocycles. The van der Waals surface area contributed by atoms with Crippen LogP contribution in [0.25, 0.3) is 0 Å². The van der Waals surface area contributed by atoms with Gasteiger partial charge in [-0.1, -0.05) is 84.0 Å². The van der Waals surface area contributed by atoms with Gasteiger partial charge in [-0.25, -0.2) is 28.0 Å². The summed E-state index contributed by atoms with van der Waals surface area (Å²) in [6.45, 7) is 11.5. The molecule has 14 nitrogen and oxygen atoms in total. The molecule has 0 spiro atoms.